The summed E-state index contributed by atoms with van der Waals surface area (Å²) in [5, 5.41) is 21.4. The van der Waals surface area contributed by atoms with Crippen molar-refractivity contribution in [2.24, 2.45) is 0 Å². The topological polar surface area (TPSA) is 104 Å². The fourth-order valence-corrected chi connectivity index (χ4v) is 1.66. The monoisotopic (exact) mass is 254 g/mol. The molecule has 3 rings (SSSR count). The molecule has 0 amide bonds. The summed E-state index contributed by atoms with van der Waals surface area (Å²) in [5.41, 5.74) is 0.948. The van der Waals surface area contributed by atoms with Crippen molar-refractivity contribution >= 4 is 11.6 Å². The van der Waals surface area contributed by atoms with E-state index in [9.17, 15) is 4.79 Å². The number of hydrogen-bond donors (Lipinski definition) is 1. The van der Waals surface area contributed by atoms with E-state index in [0.717, 1.165) is 0 Å². The van der Waals surface area contributed by atoms with Crippen molar-refractivity contribution in [3.05, 3.63) is 42.0 Å². The molecule has 0 bridgehead atoms. The van der Waals surface area contributed by atoms with Crippen molar-refractivity contribution in [1.29, 1.82) is 5.26 Å². The molecule has 0 aliphatic carbocycles. The fourth-order valence-electron chi connectivity index (χ4n) is 1.66. The zero-order valence-corrected chi connectivity index (χ0v) is 9.44. The van der Waals surface area contributed by atoms with Gasteiger partial charge in [0.25, 0.3) is 0 Å². The van der Waals surface area contributed by atoms with Crippen LogP contribution in [0.4, 0.5) is 0 Å². The molecule has 0 aromatic carbocycles. The van der Waals surface area contributed by atoms with Gasteiger partial charge in [-0.2, -0.15) is 10.4 Å². The van der Waals surface area contributed by atoms with Gasteiger partial charge in [0.2, 0.25) is 5.76 Å². The first-order valence-corrected chi connectivity index (χ1v) is 5.26. The lowest BCUT2D eigenvalue weighted by Crippen LogP contribution is -1.97. The largest absolute Gasteiger partial charge is 0.476 e. The number of carboxylic acid groups (broad SMARTS) is 1. The Morgan fingerprint density at radius 3 is 3.00 bits per heavy atom. The van der Waals surface area contributed by atoms with Gasteiger partial charge in [0, 0.05) is 18.5 Å². The van der Waals surface area contributed by atoms with E-state index in [1.54, 1.807) is 18.3 Å². The number of fused-ring (bicyclic) bond motifs is 1. The van der Waals surface area contributed by atoms with Crippen molar-refractivity contribution in [3.8, 4) is 17.4 Å². The van der Waals surface area contributed by atoms with Crippen LogP contribution in [-0.4, -0.2) is 25.7 Å². The Labute approximate surface area is 106 Å². The maximum atomic E-state index is 10.8. The van der Waals surface area contributed by atoms with Gasteiger partial charge in [0.15, 0.2) is 11.3 Å². The van der Waals surface area contributed by atoms with Gasteiger partial charge < -0.3 is 9.52 Å². The zero-order chi connectivity index (χ0) is 13.4. The quantitative estimate of drug-likeness (QED) is 0.744. The lowest BCUT2D eigenvalue weighted by Gasteiger charge is -1.97. The van der Waals surface area contributed by atoms with Crippen molar-refractivity contribution in [3.63, 3.8) is 0 Å². The molecular formula is C12H6N4O3. The summed E-state index contributed by atoms with van der Waals surface area (Å²) in [6.45, 7) is 0. The maximum Gasteiger partial charge on any atom is 0.356 e. The van der Waals surface area contributed by atoms with E-state index in [1.165, 1.54) is 16.8 Å². The standard InChI is InChI=1S/C12H6N4O3/c13-4-8-1-2-10(19-8)7-5-14-11-3-9(12(17)18)15-16(11)6-7/h1-3,5-6H,(H,17,18). The Bertz CT molecular complexity index is 825. The highest BCUT2D eigenvalue weighted by molar-refractivity contribution is 5.86. The summed E-state index contributed by atoms with van der Waals surface area (Å²) in [6.07, 6.45) is 3.12. The van der Waals surface area contributed by atoms with E-state index in [2.05, 4.69) is 10.1 Å². The Hall–Kier alpha value is -3.14. The van der Waals surface area contributed by atoms with E-state index in [0.29, 0.717) is 17.0 Å². The summed E-state index contributed by atoms with van der Waals surface area (Å²) in [5.74, 6) is -0.447. The van der Waals surface area contributed by atoms with Crippen LogP contribution in [0.15, 0.2) is 35.0 Å². The molecular weight excluding hydrogens is 248 g/mol. The van der Waals surface area contributed by atoms with E-state index >= 15 is 0 Å². The highest BCUT2D eigenvalue weighted by atomic mass is 16.4. The summed E-state index contributed by atoms with van der Waals surface area (Å²) >= 11 is 0. The summed E-state index contributed by atoms with van der Waals surface area (Å²) in [4.78, 5) is 14.9. The minimum atomic E-state index is -1.11. The minimum absolute atomic E-state index is 0.0817. The second-order valence-corrected chi connectivity index (χ2v) is 3.76. The van der Waals surface area contributed by atoms with Crippen LogP contribution in [0.5, 0.6) is 0 Å². The number of carbonyl (C=O) groups is 1. The number of hydrogen-bond acceptors (Lipinski definition) is 5. The SMILES string of the molecule is N#Cc1ccc(-c2cnc3cc(C(=O)O)nn3c2)o1. The lowest BCUT2D eigenvalue weighted by molar-refractivity contribution is 0.0690. The predicted molar refractivity (Wildman–Crippen MR) is 62.4 cm³/mol. The number of aromatic carboxylic acids is 1. The summed E-state index contributed by atoms with van der Waals surface area (Å²) in [6, 6.07) is 6.44. The third-order valence-corrected chi connectivity index (χ3v) is 2.53. The van der Waals surface area contributed by atoms with Crippen LogP contribution in [0.1, 0.15) is 16.2 Å². The van der Waals surface area contributed by atoms with Crippen LogP contribution in [0.2, 0.25) is 0 Å². The molecule has 0 saturated heterocycles. The summed E-state index contributed by atoms with van der Waals surface area (Å²) in [7, 11) is 0. The Morgan fingerprint density at radius 2 is 2.32 bits per heavy atom. The van der Waals surface area contributed by atoms with Crippen LogP contribution in [0.25, 0.3) is 17.0 Å². The normalized spacial score (nSPS) is 10.5. The van der Waals surface area contributed by atoms with Gasteiger partial charge in [-0.15, -0.1) is 0 Å². The van der Waals surface area contributed by atoms with Gasteiger partial charge in [-0.25, -0.2) is 14.3 Å². The first-order valence-electron chi connectivity index (χ1n) is 5.26. The molecule has 0 radical (unpaired) electrons. The van der Waals surface area contributed by atoms with Gasteiger partial charge in [0.1, 0.15) is 11.8 Å². The zero-order valence-electron chi connectivity index (χ0n) is 9.44. The Morgan fingerprint density at radius 1 is 1.47 bits per heavy atom. The van der Waals surface area contributed by atoms with Crippen LogP contribution >= 0.6 is 0 Å². The van der Waals surface area contributed by atoms with Gasteiger partial charge in [-0.05, 0) is 12.1 Å². The molecule has 0 fully saturated rings. The molecule has 0 saturated carbocycles. The molecule has 1 N–H and O–H groups in total. The predicted octanol–water partition coefficient (Wildman–Crippen LogP) is 1.56. The van der Waals surface area contributed by atoms with Gasteiger partial charge in [-0.1, -0.05) is 0 Å². The van der Waals surface area contributed by atoms with Crippen molar-refractivity contribution in [2.75, 3.05) is 0 Å². The number of furan rings is 1. The number of nitrogens with zero attached hydrogens (tertiary/aromatic N) is 4. The second-order valence-electron chi connectivity index (χ2n) is 3.76. The van der Waals surface area contributed by atoms with E-state index in [-0.39, 0.29) is 11.5 Å². The fraction of sp³-hybridized carbons (Fsp3) is 0. The Balaban J connectivity index is 2.10. The van der Waals surface area contributed by atoms with Crippen LogP contribution < -0.4 is 0 Å². The van der Waals surface area contributed by atoms with E-state index in [1.807, 2.05) is 6.07 Å². The lowest BCUT2D eigenvalue weighted by atomic mass is 10.3. The number of aromatic nitrogens is 3. The van der Waals surface area contributed by atoms with Gasteiger partial charge in [-0.3, -0.25) is 0 Å². The molecule has 0 atom stereocenters. The average Bonchev–Trinajstić information content (AvgIpc) is 3.04. The first-order chi connectivity index (χ1) is 9.17. The molecule has 3 aromatic heterocycles. The smallest absolute Gasteiger partial charge is 0.356 e. The molecule has 3 heterocycles. The molecule has 0 unspecified atom stereocenters. The number of rotatable bonds is 2. The number of carboxylic acids is 1. The van der Waals surface area contributed by atoms with Crippen LogP contribution in [0.3, 0.4) is 0 Å². The minimum Gasteiger partial charge on any atom is -0.476 e. The van der Waals surface area contributed by atoms with E-state index < -0.39 is 5.97 Å². The van der Waals surface area contributed by atoms with Crippen molar-refractivity contribution in [2.45, 2.75) is 0 Å². The van der Waals surface area contributed by atoms with Crippen LogP contribution in [0, 0.1) is 11.3 Å². The highest BCUT2D eigenvalue weighted by Crippen LogP contribution is 2.21. The first kappa shape index (κ1) is 11.0. The number of nitriles is 1. The molecule has 0 spiro atoms. The molecule has 0 aliphatic rings. The molecule has 0 aliphatic heterocycles. The van der Waals surface area contributed by atoms with Crippen molar-refractivity contribution in [1.82, 2.24) is 14.6 Å². The maximum absolute atomic E-state index is 10.8. The third kappa shape index (κ3) is 1.81. The van der Waals surface area contributed by atoms with Gasteiger partial charge >= 0.3 is 5.97 Å². The van der Waals surface area contributed by atoms with Gasteiger partial charge in [0.05, 0.1) is 5.56 Å². The molecule has 3 aromatic rings. The van der Waals surface area contributed by atoms with E-state index in [4.69, 9.17) is 14.8 Å². The second kappa shape index (κ2) is 3.96. The summed E-state index contributed by atoms with van der Waals surface area (Å²) < 4.78 is 6.62. The molecule has 7 nitrogen and oxygen atoms in total. The van der Waals surface area contributed by atoms with Crippen molar-refractivity contribution < 1.29 is 14.3 Å². The third-order valence-electron chi connectivity index (χ3n) is 2.53. The molecule has 19 heavy (non-hydrogen) atoms. The molecule has 7 heteroatoms. The Kier molecular flexibility index (Phi) is 2.29. The van der Waals surface area contributed by atoms with Crippen LogP contribution in [-0.2, 0) is 0 Å². The average molecular weight is 254 g/mol. The molecule has 92 valence electrons. The highest BCUT2D eigenvalue weighted by Gasteiger charge is 2.11.